The van der Waals surface area contributed by atoms with Crippen LogP contribution >= 0.6 is 23.2 Å². The number of aromatic nitrogens is 3. The van der Waals surface area contributed by atoms with Crippen molar-refractivity contribution in [3.63, 3.8) is 0 Å². The fraction of sp³-hybridized carbons (Fsp3) is 0. The van der Waals surface area contributed by atoms with Crippen LogP contribution in [0, 0.1) is 0 Å². The van der Waals surface area contributed by atoms with Gasteiger partial charge in [0.05, 0.1) is 5.02 Å². The van der Waals surface area contributed by atoms with E-state index < -0.39 is 5.97 Å². The van der Waals surface area contributed by atoms with Gasteiger partial charge in [-0.05, 0) is 18.2 Å². The number of aromatic amines is 1. The lowest BCUT2D eigenvalue weighted by atomic mass is 10.3. The Hall–Kier alpha value is -1.79. The van der Waals surface area contributed by atoms with Crippen molar-refractivity contribution < 1.29 is 14.6 Å². The van der Waals surface area contributed by atoms with Crippen LogP contribution in [0.15, 0.2) is 18.2 Å². The molecular weight excluding hydrogens is 269 g/mol. The average Bonchev–Trinajstić information content (AvgIpc) is 2.70. The summed E-state index contributed by atoms with van der Waals surface area (Å²) >= 11 is 11.6. The standard InChI is InChI=1S/C9H5Cl2N3O3/c10-4-1-2-6(5(11)3-4)17-8-7(9(15)16)12-14-13-8/h1-3H,(H,15,16)(H,12,13,14). The maximum Gasteiger partial charge on any atom is 0.359 e. The van der Waals surface area contributed by atoms with E-state index in [0.29, 0.717) is 5.02 Å². The van der Waals surface area contributed by atoms with E-state index in [9.17, 15) is 4.79 Å². The van der Waals surface area contributed by atoms with Crippen molar-refractivity contribution >= 4 is 29.2 Å². The second-order valence-electron chi connectivity index (χ2n) is 2.97. The molecule has 0 spiro atoms. The summed E-state index contributed by atoms with van der Waals surface area (Å²) in [7, 11) is 0. The number of nitrogens with one attached hydrogen (secondary N) is 1. The number of hydrogen-bond acceptors (Lipinski definition) is 4. The number of benzene rings is 1. The third-order valence-corrected chi connectivity index (χ3v) is 2.36. The van der Waals surface area contributed by atoms with Crippen molar-refractivity contribution in [2.45, 2.75) is 0 Å². The number of hydrogen-bond donors (Lipinski definition) is 2. The van der Waals surface area contributed by atoms with Gasteiger partial charge in [0.15, 0.2) is 0 Å². The first-order valence-electron chi connectivity index (χ1n) is 4.35. The van der Waals surface area contributed by atoms with E-state index in [1.807, 2.05) is 0 Å². The number of H-pyrrole nitrogens is 1. The molecule has 2 aromatic rings. The zero-order chi connectivity index (χ0) is 12.4. The van der Waals surface area contributed by atoms with Gasteiger partial charge in [-0.25, -0.2) is 9.89 Å². The van der Waals surface area contributed by atoms with Gasteiger partial charge in [-0.15, -0.1) is 0 Å². The predicted octanol–water partition coefficient (Wildman–Crippen LogP) is 2.60. The summed E-state index contributed by atoms with van der Waals surface area (Å²) in [5, 5.41) is 18.5. The molecule has 0 atom stereocenters. The molecule has 0 bridgehead atoms. The third-order valence-electron chi connectivity index (χ3n) is 1.83. The summed E-state index contributed by atoms with van der Waals surface area (Å²) in [4.78, 5) is 10.8. The van der Waals surface area contributed by atoms with Crippen molar-refractivity contribution in [3.8, 4) is 11.6 Å². The van der Waals surface area contributed by atoms with Crippen molar-refractivity contribution in [3.05, 3.63) is 33.9 Å². The number of carboxylic acids is 1. The first-order valence-corrected chi connectivity index (χ1v) is 5.11. The van der Waals surface area contributed by atoms with Gasteiger partial charge < -0.3 is 9.84 Å². The largest absolute Gasteiger partial charge is 0.476 e. The fourth-order valence-electron chi connectivity index (χ4n) is 1.09. The SMILES string of the molecule is O=C(O)c1[nH]nnc1Oc1ccc(Cl)cc1Cl. The minimum Gasteiger partial charge on any atom is -0.476 e. The van der Waals surface area contributed by atoms with Gasteiger partial charge in [0.25, 0.3) is 5.88 Å². The van der Waals surface area contributed by atoms with Crippen molar-refractivity contribution in [1.29, 1.82) is 0 Å². The molecule has 2 N–H and O–H groups in total. The number of carboxylic acid groups (broad SMARTS) is 1. The molecule has 1 aromatic heterocycles. The lowest BCUT2D eigenvalue weighted by molar-refractivity contribution is 0.0687. The molecule has 0 aliphatic carbocycles. The van der Waals surface area contributed by atoms with E-state index in [-0.39, 0.29) is 22.3 Å². The lowest BCUT2D eigenvalue weighted by Gasteiger charge is -2.04. The molecule has 2 rings (SSSR count). The number of nitrogens with zero attached hydrogens (tertiary/aromatic N) is 2. The van der Waals surface area contributed by atoms with Crippen LogP contribution in [0.3, 0.4) is 0 Å². The highest BCUT2D eigenvalue weighted by Gasteiger charge is 2.17. The number of halogens is 2. The normalized spacial score (nSPS) is 10.2. The molecule has 17 heavy (non-hydrogen) atoms. The van der Waals surface area contributed by atoms with Gasteiger partial charge in [-0.1, -0.05) is 33.5 Å². The van der Waals surface area contributed by atoms with Gasteiger partial charge in [0, 0.05) is 5.02 Å². The molecule has 0 saturated heterocycles. The topological polar surface area (TPSA) is 88.1 Å². The van der Waals surface area contributed by atoms with Crippen molar-refractivity contribution in [2.24, 2.45) is 0 Å². The van der Waals surface area contributed by atoms with Crippen molar-refractivity contribution in [1.82, 2.24) is 15.4 Å². The van der Waals surface area contributed by atoms with Gasteiger partial charge >= 0.3 is 5.97 Å². The Morgan fingerprint density at radius 2 is 2.18 bits per heavy atom. The Labute approximate surface area is 105 Å². The van der Waals surface area contributed by atoms with Gasteiger partial charge in [0.2, 0.25) is 5.69 Å². The molecule has 8 heteroatoms. The van der Waals surface area contributed by atoms with Gasteiger partial charge in [-0.3, -0.25) is 0 Å². The molecule has 1 heterocycles. The summed E-state index contributed by atoms with van der Waals surface area (Å²) in [6.07, 6.45) is 0. The Kier molecular flexibility index (Phi) is 3.16. The quantitative estimate of drug-likeness (QED) is 0.898. The van der Waals surface area contributed by atoms with Gasteiger partial charge in [-0.2, -0.15) is 0 Å². The Balaban J connectivity index is 2.31. The maximum absolute atomic E-state index is 10.8. The second kappa shape index (κ2) is 4.60. The van der Waals surface area contributed by atoms with Crippen LogP contribution in [0.1, 0.15) is 10.5 Å². The maximum atomic E-state index is 10.8. The van der Waals surface area contributed by atoms with Gasteiger partial charge in [0.1, 0.15) is 5.75 Å². The van der Waals surface area contributed by atoms with E-state index in [1.165, 1.54) is 12.1 Å². The van der Waals surface area contributed by atoms with Crippen LogP contribution in [0.2, 0.25) is 10.0 Å². The van der Waals surface area contributed by atoms with E-state index in [4.69, 9.17) is 33.0 Å². The Morgan fingerprint density at radius 1 is 1.41 bits per heavy atom. The zero-order valence-corrected chi connectivity index (χ0v) is 9.66. The highest BCUT2D eigenvalue weighted by atomic mass is 35.5. The van der Waals surface area contributed by atoms with Crippen molar-refractivity contribution in [2.75, 3.05) is 0 Å². The van der Waals surface area contributed by atoms with Crippen LogP contribution in [0.4, 0.5) is 0 Å². The average molecular weight is 274 g/mol. The van der Waals surface area contributed by atoms with E-state index >= 15 is 0 Å². The second-order valence-corrected chi connectivity index (χ2v) is 3.82. The summed E-state index contributed by atoms with van der Waals surface area (Å²) < 4.78 is 5.22. The Morgan fingerprint density at radius 3 is 2.82 bits per heavy atom. The number of ether oxygens (including phenoxy) is 1. The van der Waals surface area contributed by atoms with Crippen LogP contribution in [-0.4, -0.2) is 26.5 Å². The molecule has 0 saturated carbocycles. The van der Waals surface area contributed by atoms with E-state index in [2.05, 4.69) is 15.4 Å². The molecule has 0 unspecified atom stereocenters. The summed E-state index contributed by atoms with van der Waals surface area (Å²) in [6.45, 7) is 0. The van der Waals surface area contributed by atoms with Crippen LogP contribution in [0.5, 0.6) is 11.6 Å². The first-order chi connectivity index (χ1) is 8.08. The lowest BCUT2D eigenvalue weighted by Crippen LogP contribution is -1.99. The molecular formula is C9H5Cl2N3O3. The first kappa shape index (κ1) is 11.7. The highest BCUT2D eigenvalue weighted by molar-refractivity contribution is 6.35. The summed E-state index contributed by atoms with van der Waals surface area (Å²) in [5.41, 5.74) is -0.254. The smallest absolute Gasteiger partial charge is 0.359 e. The predicted molar refractivity (Wildman–Crippen MR) is 59.9 cm³/mol. The van der Waals surface area contributed by atoms with Crippen LogP contribution in [-0.2, 0) is 0 Å². The van der Waals surface area contributed by atoms with E-state index in [0.717, 1.165) is 0 Å². The minimum absolute atomic E-state index is 0.165. The minimum atomic E-state index is -1.23. The fourth-order valence-corrected chi connectivity index (χ4v) is 1.54. The molecule has 88 valence electrons. The number of rotatable bonds is 3. The molecule has 1 aromatic carbocycles. The molecule has 0 fully saturated rings. The van der Waals surface area contributed by atoms with E-state index in [1.54, 1.807) is 6.07 Å². The molecule has 0 aliphatic rings. The van der Waals surface area contributed by atoms with Crippen LogP contribution < -0.4 is 4.74 Å². The third kappa shape index (κ3) is 2.48. The zero-order valence-electron chi connectivity index (χ0n) is 8.15. The number of carbonyl (C=O) groups is 1. The summed E-state index contributed by atoms with van der Waals surface area (Å²) in [6, 6.07) is 4.53. The highest BCUT2D eigenvalue weighted by Crippen LogP contribution is 2.31. The molecule has 0 radical (unpaired) electrons. The molecule has 0 amide bonds. The summed E-state index contributed by atoms with van der Waals surface area (Å²) in [5.74, 6) is -1.15. The monoisotopic (exact) mass is 273 g/mol. The Bertz CT molecular complexity index is 570. The molecule has 0 aliphatic heterocycles. The number of aromatic carboxylic acids is 1. The molecule has 6 nitrogen and oxygen atoms in total. The van der Waals surface area contributed by atoms with Crippen LogP contribution in [0.25, 0.3) is 0 Å².